The number of anilines is 1. The second kappa shape index (κ2) is 4.61. The number of rotatable bonds is 3. The molecule has 1 rings (SSSR count). The molecule has 0 aliphatic carbocycles. The molecule has 0 unspecified atom stereocenters. The van der Waals surface area contributed by atoms with Crippen molar-refractivity contribution in [2.45, 2.75) is 26.7 Å². The van der Waals surface area contributed by atoms with Crippen LogP contribution in [0.2, 0.25) is 0 Å². The lowest BCUT2D eigenvalue weighted by atomic mass is 10.0. The van der Waals surface area contributed by atoms with Crippen LogP contribution in [-0.2, 0) is 6.42 Å². The molecule has 0 saturated heterocycles. The van der Waals surface area contributed by atoms with Crippen molar-refractivity contribution in [1.29, 1.82) is 0 Å². The van der Waals surface area contributed by atoms with Crippen molar-refractivity contribution in [3.63, 3.8) is 0 Å². The Bertz CT molecular complexity index is 284. The highest BCUT2D eigenvalue weighted by Crippen LogP contribution is 2.18. The van der Waals surface area contributed by atoms with Gasteiger partial charge in [-0.15, -0.1) is 0 Å². The van der Waals surface area contributed by atoms with Gasteiger partial charge in [0.2, 0.25) is 0 Å². The first-order chi connectivity index (χ1) is 6.09. The SMILES string of the molecule is CC(C)CCc1cc(Br)cnc1N. The summed E-state index contributed by atoms with van der Waals surface area (Å²) in [7, 11) is 0. The molecule has 1 aromatic heterocycles. The molecule has 2 N–H and O–H groups in total. The van der Waals surface area contributed by atoms with Crippen molar-refractivity contribution in [2.75, 3.05) is 5.73 Å². The van der Waals surface area contributed by atoms with Gasteiger partial charge in [0.1, 0.15) is 5.82 Å². The number of hydrogen-bond acceptors (Lipinski definition) is 2. The van der Waals surface area contributed by atoms with Crippen molar-refractivity contribution in [2.24, 2.45) is 5.92 Å². The van der Waals surface area contributed by atoms with E-state index in [4.69, 9.17) is 5.73 Å². The van der Waals surface area contributed by atoms with Crippen molar-refractivity contribution >= 4 is 21.7 Å². The van der Waals surface area contributed by atoms with E-state index >= 15 is 0 Å². The highest BCUT2D eigenvalue weighted by Gasteiger charge is 2.02. The molecule has 2 nitrogen and oxygen atoms in total. The number of aromatic nitrogens is 1. The van der Waals surface area contributed by atoms with Crippen LogP contribution in [0, 0.1) is 5.92 Å². The quantitative estimate of drug-likeness (QED) is 0.886. The number of pyridine rings is 1. The molecule has 0 amide bonds. The zero-order valence-electron chi connectivity index (χ0n) is 8.05. The summed E-state index contributed by atoms with van der Waals surface area (Å²) in [5.41, 5.74) is 6.89. The molecular formula is C10H15BrN2. The lowest BCUT2D eigenvalue weighted by molar-refractivity contribution is 0.586. The highest BCUT2D eigenvalue weighted by molar-refractivity contribution is 9.10. The first-order valence-corrected chi connectivity index (χ1v) is 5.28. The Morgan fingerprint density at radius 1 is 1.54 bits per heavy atom. The summed E-state index contributed by atoms with van der Waals surface area (Å²) in [6, 6.07) is 2.05. The second-order valence-electron chi connectivity index (χ2n) is 3.63. The minimum absolute atomic E-state index is 0.656. The van der Waals surface area contributed by atoms with Gasteiger partial charge in [0, 0.05) is 10.7 Å². The molecule has 1 heterocycles. The second-order valence-corrected chi connectivity index (χ2v) is 4.55. The largest absolute Gasteiger partial charge is 0.383 e. The average molecular weight is 243 g/mol. The number of nitrogen functional groups attached to an aromatic ring is 1. The third-order valence-corrected chi connectivity index (χ3v) is 2.39. The van der Waals surface area contributed by atoms with Gasteiger partial charge in [0.15, 0.2) is 0 Å². The van der Waals surface area contributed by atoms with E-state index in [9.17, 15) is 0 Å². The van der Waals surface area contributed by atoms with E-state index < -0.39 is 0 Å². The zero-order chi connectivity index (χ0) is 9.84. The third kappa shape index (κ3) is 3.35. The Labute approximate surface area is 87.7 Å². The van der Waals surface area contributed by atoms with Crippen molar-refractivity contribution in [1.82, 2.24) is 4.98 Å². The third-order valence-electron chi connectivity index (χ3n) is 1.96. The van der Waals surface area contributed by atoms with E-state index in [1.54, 1.807) is 6.20 Å². The Balaban J connectivity index is 2.70. The van der Waals surface area contributed by atoms with E-state index in [0.717, 1.165) is 22.9 Å². The maximum absolute atomic E-state index is 5.74. The van der Waals surface area contributed by atoms with Crippen LogP contribution in [-0.4, -0.2) is 4.98 Å². The Kier molecular flexibility index (Phi) is 3.72. The molecular weight excluding hydrogens is 228 g/mol. The summed E-state index contributed by atoms with van der Waals surface area (Å²) in [6.07, 6.45) is 3.90. The monoisotopic (exact) mass is 242 g/mol. The van der Waals surface area contributed by atoms with Crippen LogP contribution in [0.1, 0.15) is 25.8 Å². The van der Waals surface area contributed by atoms with E-state index in [1.165, 1.54) is 0 Å². The molecule has 0 aromatic carbocycles. The topological polar surface area (TPSA) is 38.9 Å². The van der Waals surface area contributed by atoms with Crippen LogP contribution >= 0.6 is 15.9 Å². The molecule has 3 heteroatoms. The number of nitrogens with two attached hydrogens (primary N) is 1. The van der Waals surface area contributed by atoms with Gasteiger partial charge in [0.25, 0.3) is 0 Å². The minimum atomic E-state index is 0.656. The molecule has 0 aliphatic heterocycles. The van der Waals surface area contributed by atoms with Gasteiger partial charge in [-0.2, -0.15) is 0 Å². The maximum Gasteiger partial charge on any atom is 0.126 e. The van der Waals surface area contributed by atoms with Crippen LogP contribution in [0.3, 0.4) is 0 Å². The van der Waals surface area contributed by atoms with Crippen LogP contribution < -0.4 is 5.73 Å². The molecule has 1 aromatic rings. The van der Waals surface area contributed by atoms with Crippen molar-refractivity contribution in [3.8, 4) is 0 Å². The van der Waals surface area contributed by atoms with E-state index in [-0.39, 0.29) is 0 Å². The van der Waals surface area contributed by atoms with Gasteiger partial charge in [-0.05, 0) is 46.3 Å². The summed E-state index contributed by atoms with van der Waals surface area (Å²) in [6.45, 7) is 4.42. The molecule has 0 atom stereocenters. The normalized spacial score (nSPS) is 10.8. The molecule has 0 saturated carbocycles. The number of hydrogen-bond donors (Lipinski definition) is 1. The molecule has 0 radical (unpaired) electrons. The first kappa shape index (κ1) is 10.5. The minimum Gasteiger partial charge on any atom is -0.383 e. The van der Waals surface area contributed by atoms with Crippen LogP contribution in [0.15, 0.2) is 16.7 Å². The lowest BCUT2D eigenvalue weighted by Gasteiger charge is -2.07. The van der Waals surface area contributed by atoms with E-state index in [0.29, 0.717) is 11.7 Å². The fourth-order valence-electron chi connectivity index (χ4n) is 1.14. The predicted molar refractivity (Wildman–Crippen MR) is 59.5 cm³/mol. The summed E-state index contributed by atoms with van der Waals surface area (Å²) < 4.78 is 1.00. The smallest absolute Gasteiger partial charge is 0.126 e. The highest BCUT2D eigenvalue weighted by atomic mass is 79.9. The summed E-state index contributed by atoms with van der Waals surface area (Å²) in [5, 5.41) is 0. The summed E-state index contributed by atoms with van der Waals surface area (Å²) >= 11 is 3.39. The van der Waals surface area contributed by atoms with E-state index in [1.807, 2.05) is 6.07 Å². The lowest BCUT2D eigenvalue weighted by Crippen LogP contribution is -1.99. The van der Waals surface area contributed by atoms with E-state index in [2.05, 4.69) is 34.8 Å². The Hall–Kier alpha value is -0.570. The molecule has 13 heavy (non-hydrogen) atoms. The van der Waals surface area contributed by atoms with Gasteiger partial charge in [-0.1, -0.05) is 13.8 Å². The van der Waals surface area contributed by atoms with Gasteiger partial charge in [-0.3, -0.25) is 0 Å². The van der Waals surface area contributed by atoms with Gasteiger partial charge in [-0.25, -0.2) is 4.98 Å². The average Bonchev–Trinajstić information content (AvgIpc) is 2.06. The van der Waals surface area contributed by atoms with Gasteiger partial charge in [0.05, 0.1) is 0 Å². The standard InChI is InChI=1S/C10H15BrN2/c1-7(2)3-4-8-5-9(11)6-13-10(8)12/h5-7H,3-4H2,1-2H3,(H2,12,13). The fraction of sp³-hybridized carbons (Fsp3) is 0.500. The van der Waals surface area contributed by atoms with Crippen molar-refractivity contribution < 1.29 is 0 Å². The van der Waals surface area contributed by atoms with Crippen LogP contribution in [0.25, 0.3) is 0 Å². The summed E-state index contributed by atoms with van der Waals surface area (Å²) in [5.74, 6) is 1.36. The molecule has 0 aliphatic rings. The van der Waals surface area contributed by atoms with Crippen molar-refractivity contribution in [3.05, 3.63) is 22.3 Å². The van der Waals surface area contributed by atoms with Crippen LogP contribution in [0.4, 0.5) is 5.82 Å². The fourth-order valence-corrected chi connectivity index (χ4v) is 1.51. The number of aryl methyl sites for hydroxylation is 1. The number of halogens is 1. The van der Waals surface area contributed by atoms with Gasteiger partial charge >= 0.3 is 0 Å². The Morgan fingerprint density at radius 2 is 2.23 bits per heavy atom. The molecule has 0 spiro atoms. The molecule has 0 bridgehead atoms. The van der Waals surface area contributed by atoms with Gasteiger partial charge < -0.3 is 5.73 Å². The maximum atomic E-state index is 5.74. The predicted octanol–water partition coefficient (Wildman–Crippen LogP) is 3.01. The number of nitrogens with zero attached hydrogens (tertiary/aromatic N) is 1. The zero-order valence-corrected chi connectivity index (χ0v) is 9.63. The molecule has 72 valence electrons. The molecule has 0 fully saturated rings. The Morgan fingerprint density at radius 3 is 2.85 bits per heavy atom. The van der Waals surface area contributed by atoms with Crippen LogP contribution in [0.5, 0.6) is 0 Å². The first-order valence-electron chi connectivity index (χ1n) is 4.49. The summed E-state index contributed by atoms with van der Waals surface area (Å²) in [4.78, 5) is 4.09.